The molecule has 3 aliphatic carbocycles. The molecule has 1 unspecified atom stereocenters. The number of fused-ring (bicyclic) bond motifs is 7. The third kappa shape index (κ3) is 2.54. The molecule has 4 bridgehead atoms. The first-order valence-electron chi connectivity index (χ1n) is 9.31. The van der Waals surface area contributed by atoms with Crippen LogP contribution >= 0.6 is 0 Å². The fourth-order valence-electron chi connectivity index (χ4n) is 5.99. The average molecular weight is 276 g/mol. The summed E-state index contributed by atoms with van der Waals surface area (Å²) >= 11 is 0. The van der Waals surface area contributed by atoms with Crippen LogP contribution in [0.25, 0.3) is 0 Å². The van der Waals surface area contributed by atoms with Gasteiger partial charge < -0.3 is 5.73 Å². The van der Waals surface area contributed by atoms with Crippen molar-refractivity contribution in [3.8, 4) is 0 Å². The van der Waals surface area contributed by atoms with E-state index < -0.39 is 0 Å². The van der Waals surface area contributed by atoms with Crippen LogP contribution in [0.3, 0.4) is 0 Å². The summed E-state index contributed by atoms with van der Waals surface area (Å²) < 4.78 is 0. The Balaban J connectivity index is 1.49. The minimum atomic E-state index is 0.500. The highest BCUT2D eigenvalue weighted by atomic mass is 15.2. The lowest BCUT2D eigenvalue weighted by molar-refractivity contribution is -0.0109. The molecule has 2 aliphatic heterocycles. The standard InChI is InChI=1S/C18H32N2/c19-18-11-16-7-2-1-6-15(18)12-20(16)17-9-13-4-3-5-14(8-13)10-17/h13-18H,1-12,19H2/t13-,14+,15?,16-,17+,18+/m1/s1. The molecule has 5 fully saturated rings. The SMILES string of the molecule is N[C@H]1C[C@H]2CCCCC1CN2[C@H]1C[C@@H]2CCC[C@@H](C2)C1. The van der Waals surface area contributed by atoms with Gasteiger partial charge in [0.1, 0.15) is 0 Å². The van der Waals surface area contributed by atoms with E-state index in [0.29, 0.717) is 6.04 Å². The molecule has 5 rings (SSSR count). The van der Waals surface area contributed by atoms with Crippen LogP contribution in [0.1, 0.15) is 70.6 Å². The highest BCUT2D eigenvalue weighted by molar-refractivity contribution is 4.97. The molecule has 0 aromatic rings. The van der Waals surface area contributed by atoms with Gasteiger partial charge in [0.2, 0.25) is 0 Å². The first kappa shape index (κ1) is 13.6. The molecule has 5 aliphatic rings. The number of hydrogen-bond donors (Lipinski definition) is 1. The van der Waals surface area contributed by atoms with Gasteiger partial charge >= 0.3 is 0 Å². The van der Waals surface area contributed by atoms with Gasteiger partial charge in [-0.25, -0.2) is 0 Å². The van der Waals surface area contributed by atoms with E-state index in [1.807, 2.05) is 0 Å². The Kier molecular flexibility index (Phi) is 3.80. The molecule has 2 saturated heterocycles. The molecule has 0 spiro atoms. The van der Waals surface area contributed by atoms with Crippen LogP contribution < -0.4 is 5.73 Å². The van der Waals surface area contributed by atoms with Crippen molar-refractivity contribution in [2.45, 2.75) is 88.8 Å². The maximum Gasteiger partial charge on any atom is 0.0113 e. The van der Waals surface area contributed by atoms with E-state index >= 15 is 0 Å². The van der Waals surface area contributed by atoms with E-state index in [4.69, 9.17) is 5.73 Å². The molecule has 0 amide bonds. The van der Waals surface area contributed by atoms with Gasteiger partial charge in [-0.05, 0) is 56.3 Å². The summed E-state index contributed by atoms with van der Waals surface area (Å²) in [4.78, 5) is 2.96. The molecular formula is C18H32N2. The van der Waals surface area contributed by atoms with Crippen LogP contribution in [0.2, 0.25) is 0 Å². The molecule has 3 saturated carbocycles. The molecule has 6 atom stereocenters. The van der Waals surface area contributed by atoms with E-state index in [0.717, 1.165) is 29.8 Å². The van der Waals surface area contributed by atoms with Crippen molar-refractivity contribution >= 4 is 0 Å². The third-order valence-electron chi connectivity index (χ3n) is 7.00. The largest absolute Gasteiger partial charge is 0.327 e. The van der Waals surface area contributed by atoms with Gasteiger partial charge in [0.15, 0.2) is 0 Å². The number of rotatable bonds is 1. The lowest BCUT2D eigenvalue weighted by Crippen LogP contribution is -2.58. The van der Waals surface area contributed by atoms with Crippen molar-refractivity contribution in [3.05, 3.63) is 0 Å². The summed E-state index contributed by atoms with van der Waals surface area (Å²) in [5.74, 6) is 2.92. The molecule has 114 valence electrons. The van der Waals surface area contributed by atoms with Gasteiger partial charge in [-0.2, -0.15) is 0 Å². The predicted octanol–water partition coefficient (Wildman–Crippen LogP) is 3.55. The van der Waals surface area contributed by atoms with Gasteiger partial charge in [-0.1, -0.05) is 32.1 Å². The van der Waals surface area contributed by atoms with Crippen molar-refractivity contribution in [3.63, 3.8) is 0 Å². The van der Waals surface area contributed by atoms with Crippen molar-refractivity contribution < 1.29 is 0 Å². The first-order chi connectivity index (χ1) is 9.79. The zero-order chi connectivity index (χ0) is 13.5. The molecule has 20 heavy (non-hydrogen) atoms. The molecule has 0 radical (unpaired) electrons. The summed E-state index contributed by atoms with van der Waals surface area (Å²) in [5, 5.41) is 0. The van der Waals surface area contributed by atoms with Crippen molar-refractivity contribution in [1.82, 2.24) is 4.90 Å². The van der Waals surface area contributed by atoms with Gasteiger partial charge in [0.25, 0.3) is 0 Å². The third-order valence-corrected chi connectivity index (χ3v) is 7.00. The zero-order valence-corrected chi connectivity index (χ0v) is 13.0. The maximum atomic E-state index is 6.45. The second kappa shape index (κ2) is 5.61. The van der Waals surface area contributed by atoms with Crippen molar-refractivity contribution in [2.24, 2.45) is 23.5 Å². The second-order valence-electron chi connectivity index (χ2n) is 8.32. The zero-order valence-electron chi connectivity index (χ0n) is 13.0. The minimum Gasteiger partial charge on any atom is -0.327 e. The van der Waals surface area contributed by atoms with Gasteiger partial charge in [0.05, 0.1) is 0 Å². The molecule has 0 aromatic heterocycles. The van der Waals surface area contributed by atoms with Crippen LogP contribution in [0.15, 0.2) is 0 Å². The fraction of sp³-hybridized carbons (Fsp3) is 1.00. The van der Waals surface area contributed by atoms with Gasteiger partial charge in [-0.3, -0.25) is 4.90 Å². The molecular weight excluding hydrogens is 244 g/mol. The maximum absolute atomic E-state index is 6.45. The van der Waals surface area contributed by atoms with Crippen molar-refractivity contribution in [2.75, 3.05) is 6.54 Å². The van der Waals surface area contributed by atoms with E-state index in [1.54, 1.807) is 6.42 Å². The quantitative estimate of drug-likeness (QED) is 0.793. The monoisotopic (exact) mass is 276 g/mol. The topological polar surface area (TPSA) is 29.3 Å². The Morgan fingerprint density at radius 1 is 0.700 bits per heavy atom. The molecule has 2 nitrogen and oxygen atoms in total. The van der Waals surface area contributed by atoms with Crippen LogP contribution in [0.5, 0.6) is 0 Å². The van der Waals surface area contributed by atoms with E-state index in [1.165, 1.54) is 70.8 Å². The highest BCUT2D eigenvalue weighted by Crippen LogP contribution is 2.44. The molecule has 2 N–H and O–H groups in total. The predicted molar refractivity (Wildman–Crippen MR) is 83.5 cm³/mol. The first-order valence-corrected chi connectivity index (χ1v) is 9.31. The number of nitrogens with zero attached hydrogens (tertiary/aromatic N) is 1. The molecule has 2 heterocycles. The lowest BCUT2D eigenvalue weighted by Gasteiger charge is -2.52. The summed E-state index contributed by atoms with van der Waals surface area (Å²) in [6.45, 7) is 1.33. The van der Waals surface area contributed by atoms with Gasteiger partial charge in [0, 0.05) is 24.7 Å². The van der Waals surface area contributed by atoms with Crippen LogP contribution in [-0.4, -0.2) is 29.6 Å². The van der Waals surface area contributed by atoms with Crippen LogP contribution in [0.4, 0.5) is 0 Å². The molecule has 0 aromatic carbocycles. The Hall–Kier alpha value is -0.0800. The van der Waals surface area contributed by atoms with E-state index in [2.05, 4.69) is 4.90 Å². The summed E-state index contributed by atoms with van der Waals surface area (Å²) in [5.41, 5.74) is 6.45. The Bertz CT molecular complexity index is 330. The molecule has 2 heteroatoms. The van der Waals surface area contributed by atoms with Crippen LogP contribution in [0, 0.1) is 17.8 Å². The van der Waals surface area contributed by atoms with Crippen LogP contribution in [-0.2, 0) is 0 Å². The number of piperidine rings is 1. The average Bonchev–Trinajstić information content (AvgIpc) is 2.40. The highest BCUT2D eigenvalue weighted by Gasteiger charge is 2.41. The van der Waals surface area contributed by atoms with E-state index in [9.17, 15) is 0 Å². The number of nitrogens with two attached hydrogens (primary N) is 1. The normalized spacial score (nSPS) is 49.6. The van der Waals surface area contributed by atoms with Crippen molar-refractivity contribution in [1.29, 1.82) is 0 Å². The summed E-state index contributed by atoms with van der Waals surface area (Å²) in [7, 11) is 0. The Morgan fingerprint density at radius 3 is 2.25 bits per heavy atom. The summed E-state index contributed by atoms with van der Waals surface area (Å²) in [6, 6.07) is 2.24. The Morgan fingerprint density at radius 2 is 1.45 bits per heavy atom. The second-order valence-corrected chi connectivity index (χ2v) is 8.32. The fourth-order valence-corrected chi connectivity index (χ4v) is 5.99. The Labute approximate surface area is 124 Å². The minimum absolute atomic E-state index is 0.500. The smallest absolute Gasteiger partial charge is 0.0113 e. The lowest BCUT2D eigenvalue weighted by atomic mass is 9.69. The number of hydrogen-bond acceptors (Lipinski definition) is 2. The summed E-state index contributed by atoms with van der Waals surface area (Å²) in [6.07, 6.45) is 16.1. The van der Waals surface area contributed by atoms with E-state index in [-0.39, 0.29) is 0 Å². The van der Waals surface area contributed by atoms with Gasteiger partial charge in [-0.15, -0.1) is 0 Å².